The first-order valence-electron chi connectivity index (χ1n) is 18.8. The van der Waals surface area contributed by atoms with Crippen LogP contribution < -0.4 is 21.7 Å². The number of nitrogens with zero attached hydrogens (tertiary/aromatic N) is 8. The number of hydrogen-bond acceptors (Lipinski definition) is 11. The van der Waals surface area contributed by atoms with Crippen LogP contribution in [0.3, 0.4) is 0 Å². The number of fused-ring (bicyclic) bond motifs is 2. The molecule has 2 amide bonds. The van der Waals surface area contributed by atoms with Gasteiger partial charge in [0.15, 0.2) is 12.5 Å². The molecule has 0 spiro atoms. The highest BCUT2D eigenvalue weighted by atomic mass is 79.9. The lowest BCUT2D eigenvalue weighted by Gasteiger charge is -2.36. The van der Waals surface area contributed by atoms with Gasteiger partial charge in [0.2, 0.25) is 0 Å². The first kappa shape index (κ1) is 37.5. The Morgan fingerprint density at radius 1 is 0.870 bits per heavy atom. The van der Waals surface area contributed by atoms with Crippen molar-refractivity contribution in [2.24, 2.45) is 0 Å². The van der Waals surface area contributed by atoms with E-state index >= 15 is 0 Å². The maximum atomic E-state index is 13.5. The number of ether oxygens (including phenoxy) is 2. The number of amides is 2. The molecule has 3 fully saturated rings. The van der Waals surface area contributed by atoms with Crippen LogP contribution in [0.2, 0.25) is 0 Å². The third-order valence-electron chi connectivity index (χ3n) is 10.5. The molecule has 3 unspecified atom stereocenters. The summed E-state index contributed by atoms with van der Waals surface area (Å²) >= 11 is 3.49. The molecular formula is C38H48BrN11O4. The number of aromatic nitrogens is 6. The molecule has 7 heterocycles. The summed E-state index contributed by atoms with van der Waals surface area (Å²) in [5.41, 5.74) is 16.1. The first-order chi connectivity index (χ1) is 26.2. The number of pyridine rings is 2. The summed E-state index contributed by atoms with van der Waals surface area (Å²) in [7, 11) is 2.04. The van der Waals surface area contributed by atoms with E-state index in [4.69, 9.17) is 20.9 Å². The monoisotopic (exact) mass is 801 g/mol. The van der Waals surface area contributed by atoms with Crippen molar-refractivity contribution in [2.75, 3.05) is 55.0 Å². The predicted octanol–water partition coefficient (Wildman–Crippen LogP) is 6.34. The minimum atomic E-state index is -0.695. The highest BCUT2D eigenvalue weighted by molar-refractivity contribution is 9.10. The maximum Gasteiger partial charge on any atom is 0.314 e. The fourth-order valence-electron chi connectivity index (χ4n) is 7.47. The van der Waals surface area contributed by atoms with Gasteiger partial charge in [0, 0.05) is 45.2 Å². The van der Waals surface area contributed by atoms with Crippen LogP contribution in [0.4, 0.5) is 23.0 Å². The van der Waals surface area contributed by atoms with E-state index < -0.39 is 11.8 Å². The molecule has 54 heavy (non-hydrogen) atoms. The zero-order chi connectivity index (χ0) is 37.8. The molecule has 0 bridgehead atoms. The number of rotatable bonds is 6. The van der Waals surface area contributed by atoms with E-state index in [0.29, 0.717) is 41.4 Å². The van der Waals surface area contributed by atoms with Crippen molar-refractivity contribution in [3.05, 3.63) is 59.1 Å². The average Bonchev–Trinajstić information content (AvgIpc) is 3.88. The Balaban J connectivity index is 0.000000219. The Labute approximate surface area is 322 Å². The summed E-state index contributed by atoms with van der Waals surface area (Å²) in [6.07, 6.45) is 15.2. The molecule has 3 atom stereocenters. The maximum absolute atomic E-state index is 13.5. The molecule has 3 aliphatic heterocycles. The minimum absolute atomic E-state index is 0.0133. The van der Waals surface area contributed by atoms with Gasteiger partial charge < -0.3 is 36.1 Å². The van der Waals surface area contributed by atoms with Crippen LogP contribution in [0.5, 0.6) is 0 Å². The van der Waals surface area contributed by atoms with Crippen LogP contribution in [0.15, 0.2) is 53.5 Å². The van der Waals surface area contributed by atoms with E-state index in [1.807, 2.05) is 23.9 Å². The van der Waals surface area contributed by atoms with E-state index in [9.17, 15) is 9.59 Å². The van der Waals surface area contributed by atoms with Crippen molar-refractivity contribution in [2.45, 2.75) is 83.2 Å². The number of nitrogen functional groups attached to an aromatic ring is 2. The molecule has 286 valence electrons. The van der Waals surface area contributed by atoms with Gasteiger partial charge in [-0.2, -0.15) is 10.2 Å². The molecule has 3 aliphatic rings. The summed E-state index contributed by atoms with van der Waals surface area (Å²) in [4.78, 5) is 39.0. The SMILES string of the molecule is CCN(C)c1cccc(C2CCCCN2C(=O)C(=O)Nc2cnc(N)c3cnn(C4CCCCO4)c23)c1.Nc1ncc(Br)c2c1cnn2C1CCCCO1. The topological polar surface area (TPSA) is 185 Å². The zero-order valence-electron chi connectivity index (χ0n) is 30.8. The number of carbonyl (C=O) groups is 2. The lowest BCUT2D eigenvalue weighted by atomic mass is 9.94. The van der Waals surface area contributed by atoms with Gasteiger partial charge in [0.25, 0.3) is 0 Å². The number of benzene rings is 1. The van der Waals surface area contributed by atoms with Gasteiger partial charge in [0.05, 0.1) is 51.1 Å². The van der Waals surface area contributed by atoms with Crippen LogP contribution in [0.1, 0.15) is 88.8 Å². The highest BCUT2D eigenvalue weighted by Gasteiger charge is 2.33. The first-order valence-corrected chi connectivity index (χ1v) is 19.6. The summed E-state index contributed by atoms with van der Waals surface area (Å²) in [5, 5.41) is 13.2. The Kier molecular flexibility index (Phi) is 11.6. The second-order valence-corrected chi connectivity index (χ2v) is 14.8. The Morgan fingerprint density at radius 2 is 1.50 bits per heavy atom. The number of likely N-dealkylation sites (tertiary alicyclic amines) is 1. The van der Waals surface area contributed by atoms with Gasteiger partial charge >= 0.3 is 11.8 Å². The standard InChI is InChI=1S/C27H35N7O3.C11H13BrN4O/c1-3-32(2)19-10-8-9-18(15-19)22-11-4-6-13-33(22)27(36)26(35)31-21-17-29-25(28)20-16-30-34(24(20)21)23-12-5-7-14-37-23;12-8-6-14-11(13)7-5-15-16(10(7)8)9-3-1-2-4-17-9/h8-10,15-17,22-23H,3-7,11-14H2,1-2H3,(H2,28,29)(H,31,35);5-6,9H,1-4H2,(H2,13,14). The molecule has 0 aliphatic carbocycles. The molecule has 1 aromatic carbocycles. The summed E-state index contributed by atoms with van der Waals surface area (Å²) < 4.78 is 16.2. The molecule has 8 rings (SSSR count). The molecule has 4 aromatic heterocycles. The molecule has 0 radical (unpaired) electrons. The third kappa shape index (κ3) is 7.72. The number of anilines is 4. The van der Waals surface area contributed by atoms with E-state index in [-0.39, 0.29) is 18.5 Å². The molecule has 16 heteroatoms. The quantitative estimate of drug-likeness (QED) is 0.163. The van der Waals surface area contributed by atoms with Crippen LogP contribution >= 0.6 is 15.9 Å². The molecule has 0 saturated carbocycles. The Morgan fingerprint density at radius 3 is 2.15 bits per heavy atom. The van der Waals surface area contributed by atoms with Crippen molar-refractivity contribution in [1.29, 1.82) is 0 Å². The van der Waals surface area contributed by atoms with Crippen molar-refractivity contribution >= 4 is 72.6 Å². The number of nitrogens with one attached hydrogen (secondary N) is 1. The zero-order valence-corrected chi connectivity index (χ0v) is 32.4. The summed E-state index contributed by atoms with van der Waals surface area (Å²) in [6.45, 7) is 4.96. The van der Waals surface area contributed by atoms with E-state index in [0.717, 1.165) is 91.1 Å². The minimum Gasteiger partial charge on any atom is -0.383 e. The number of nitrogens with two attached hydrogens (primary N) is 2. The fourth-order valence-corrected chi connectivity index (χ4v) is 7.97. The molecule has 3 saturated heterocycles. The second-order valence-electron chi connectivity index (χ2n) is 14.0. The van der Waals surface area contributed by atoms with Crippen molar-refractivity contribution in [1.82, 2.24) is 34.4 Å². The smallest absolute Gasteiger partial charge is 0.314 e. The van der Waals surface area contributed by atoms with Crippen LogP contribution in [0.25, 0.3) is 21.8 Å². The highest BCUT2D eigenvalue weighted by Crippen LogP contribution is 2.35. The Hall–Kier alpha value is -4.80. The number of halogens is 1. The van der Waals surface area contributed by atoms with Gasteiger partial charge in [-0.15, -0.1) is 0 Å². The fraction of sp³-hybridized carbons (Fsp3) is 0.474. The average molecular weight is 803 g/mol. The summed E-state index contributed by atoms with van der Waals surface area (Å²) in [5.74, 6) is -0.428. The lowest BCUT2D eigenvalue weighted by molar-refractivity contribution is -0.145. The molecule has 15 nitrogen and oxygen atoms in total. The predicted molar refractivity (Wildman–Crippen MR) is 212 cm³/mol. The van der Waals surface area contributed by atoms with Crippen LogP contribution in [-0.4, -0.2) is 79.6 Å². The van der Waals surface area contributed by atoms with Crippen molar-refractivity contribution in [3.63, 3.8) is 0 Å². The van der Waals surface area contributed by atoms with Gasteiger partial charge in [-0.3, -0.25) is 9.59 Å². The van der Waals surface area contributed by atoms with E-state index in [1.54, 1.807) is 28.2 Å². The van der Waals surface area contributed by atoms with Gasteiger partial charge in [-0.1, -0.05) is 12.1 Å². The van der Waals surface area contributed by atoms with E-state index in [2.05, 4.69) is 65.4 Å². The number of hydrogen-bond donors (Lipinski definition) is 3. The van der Waals surface area contributed by atoms with Crippen molar-refractivity contribution < 1.29 is 19.1 Å². The van der Waals surface area contributed by atoms with Gasteiger partial charge in [0.1, 0.15) is 17.2 Å². The third-order valence-corrected chi connectivity index (χ3v) is 11.1. The number of carbonyl (C=O) groups excluding carboxylic acids is 2. The molecule has 5 N–H and O–H groups in total. The molecule has 5 aromatic rings. The van der Waals surface area contributed by atoms with E-state index in [1.165, 1.54) is 12.6 Å². The largest absolute Gasteiger partial charge is 0.383 e. The number of piperidine rings is 1. The lowest BCUT2D eigenvalue weighted by Crippen LogP contribution is -2.44. The Bertz CT molecular complexity index is 2110. The van der Waals surface area contributed by atoms with Crippen LogP contribution in [0, 0.1) is 0 Å². The van der Waals surface area contributed by atoms with Crippen molar-refractivity contribution in [3.8, 4) is 0 Å². The van der Waals surface area contributed by atoms with Crippen LogP contribution in [-0.2, 0) is 19.1 Å². The second kappa shape index (κ2) is 16.7. The normalized spacial score (nSPS) is 20.4. The van der Waals surface area contributed by atoms with Gasteiger partial charge in [-0.25, -0.2) is 19.3 Å². The van der Waals surface area contributed by atoms with Gasteiger partial charge in [-0.05, 0) is 98.3 Å². The summed E-state index contributed by atoms with van der Waals surface area (Å²) in [6, 6.07) is 8.08. The molecular weight excluding hydrogens is 754 g/mol.